The number of pyridine rings is 1. The summed E-state index contributed by atoms with van der Waals surface area (Å²) in [5.74, 6) is 0.559. The van der Waals surface area contributed by atoms with Crippen LogP contribution in [-0.4, -0.2) is 32.9 Å². The van der Waals surface area contributed by atoms with Crippen LogP contribution in [0.2, 0.25) is 0 Å². The fourth-order valence-corrected chi connectivity index (χ4v) is 3.93. The number of benzene rings is 2. The summed E-state index contributed by atoms with van der Waals surface area (Å²) < 4.78 is 12.5. The molecule has 170 valence electrons. The number of fused-ring (bicyclic) bond motifs is 1. The molecule has 0 unspecified atom stereocenters. The molecule has 0 N–H and O–H groups in total. The van der Waals surface area contributed by atoms with Crippen LogP contribution in [0.4, 0.5) is 5.69 Å². The van der Waals surface area contributed by atoms with Crippen molar-refractivity contribution in [2.24, 2.45) is 7.05 Å². The van der Waals surface area contributed by atoms with E-state index in [1.165, 1.54) is 0 Å². The van der Waals surface area contributed by atoms with Crippen LogP contribution < -0.4 is 9.64 Å². The first-order valence-electron chi connectivity index (χ1n) is 10.8. The molecule has 5 aromatic rings. The second kappa shape index (κ2) is 8.82. The number of para-hydroxylation sites is 1. The predicted molar refractivity (Wildman–Crippen MR) is 129 cm³/mol. The van der Waals surface area contributed by atoms with Crippen molar-refractivity contribution >= 4 is 22.7 Å². The molecular weight excluding hydrogens is 430 g/mol. The molecule has 3 aromatic heterocycles. The zero-order chi connectivity index (χ0) is 23.7. The number of nitrogens with zero attached hydrogens (tertiary/aromatic N) is 5. The van der Waals surface area contributed by atoms with E-state index < -0.39 is 0 Å². The molecule has 8 heteroatoms. The van der Waals surface area contributed by atoms with Crippen LogP contribution in [0.25, 0.3) is 22.4 Å². The molecule has 1 amide bonds. The summed E-state index contributed by atoms with van der Waals surface area (Å²) in [4.78, 5) is 20.5. The molecule has 34 heavy (non-hydrogen) atoms. The van der Waals surface area contributed by atoms with Crippen LogP contribution in [-0.2, 0) is 13.6 Å². The van der Waals surface area contributed by atoms with E-state index in [2.05, 4.69) is 15.2 Å². The Hall–Kier alpha value is -4.46. The highest BCUT2D eigenvalue weighted by Crippen LogP contribution is 2.30. The Bertz CT molecular complexity index is 1460. The predicted octanol–water partition coefficient (Wildman–Crippen LogP) is 4.79. The van der Waals surface area contributed by atoms with Crippen LogP contribution in [0.1, 0.15) is 21.7 Å². The minimum Gasteiger partial charge on any atom is -0.497 e. The van der Waals surface area contributed by atoms with Gasteiger partial charge in [0.25, 0.3) is 11.6 Å². The highest BCUT2D eigenvalue weighted by molar-refractivity contribution is 6.14. The number of hydrogen-bond acceptors (Lipinski definition) is 6. The summed E-state index contributed by atoms with van der Waals surface area (Å²) in [6.07, 6.45) is 1.72. The fraction of sp³-hybridized carbons (Fsp3) is 0.154. The summed E-state index contributed by atoms with van der Waals surface area (Å²) in [7, 11) is 3.48. The minimum atomic E-state index is -0.180. The Morgan fingerprint density at radius 2 is 1.85 bits per heavy atom. The lowest BCUT2D eigenvalue weighted by atomic mass is 10.0. The average molecular weight is 454 g/mol. The second-order valence-corrected chi connectivity index (χ2v) is 7.90. The van der Waals surface area contributed by atoms with Crippen molar-refractivity contribution in [2.45, 2.75) is 13.5 Å². The van der Waals surface area contributed by atoms with E-state index in [0.717, 1.165) is 22.7 Å². The van der Waals surface area contributed by atoms with Crippen molar-refractivity contribution in [2.75, 3.05) is 12.0 Å². The van der Waals surface area contributed by atoms with Crippen LogP contribution in [0.15, 0.2) is 77.4 Å². The first-order valence-corrected chi connectivity index (χ1v) is 10.8. The lowest BCUT2D eigenvalue weighted by Crippen LogP contribution is -2.31. The van der Waals surface area contributed by atoms with Gasteiger partial charge in [0.05, 0.1) is 41.7 Å². The zero-order valence-corrected chi connectivity index (χ0v) is 19.1. The van der Waals surface area contributed by atoms with Crippen LogP contribution in [0.5, 0.6) is 5.75 Å². The standard InChI is InChI=1S/C26H23N5O3/c1-17-24-22(15-23(28-25(24)34-29-17)18-9-11-21(33-3)12-10-18)26(32)31(19-7-5-4-6-8-19)16-20-13-14-27-30(20)2/h4-15H,16H2,1-3H3. The maximum absolute atomic E-state index is 14.1. The van der Waals surface area contributed by atoms with Gasteiger partial charge in [-0.25, -0.2) is 4.98 Å². The molecule has 0 aliphatic rings. The van der Waals surface area contributed by atoms with Gasteiger partial charge in [0.2, 0.25) is 0 Å². The number of aromatic nitrogens is 4. The highest BCUT2D eigenvalue weighted by Gasteiger charge is 2.25. The van der Waals surface area contributed by atoms with Gasteiger partial charge in [-0.2, -0.15) is 5.10 Å². The summed E-state index contributed by atoms with van der Waals surface area (Å²) in [5, 5.41) is 8.94. The number of rotatable bonds is 6. The maximum atomic E-state index is 14.1. The topological polar surface area (TPSA) is 86.3 Å². The molecule has 5 rings (SSSR count). The third-order valence-corrected chi connectivity index (χ3v) is 5.79. The van der Waals surface area contributed by atoms with Crippen molar-refractivity contribution in [1.82, 2.24) is 19.9 Å². The van der Waals surface area contributed by atoms with Crippen LogP contribution in [0.3, 0.4) is 0 Å². The number of carbonyl (C=O) groups is 1. The van der Waals surface area contributed by atoms with E-state index in [1.807, 2.05) is 74.6 Å². The molecule has 0 aliphatic heterocycles. The first kappa shape index (κ1) is 21.4. The Labute approximate surface area is 196 Å². The Kier molecular flexibility index (Phi) is 5.55. The number of ether oxygens (including phenoxy) is 1. The third-order valence-electron chi connectivity index (χ3n) is 5.79. The third kappa shape index (κ3) is 3.90. The number of hydrogen-bond donors (Lipinski definition) is 0. The van der Waals surface area contributed by atoms with E-state index in [1.54, 1.807) is 29.0 Å². The van der Waals surface area contributed by atoms with Crippen molar-refractivity contribution in [3.05, 3.63) is 89.9 Å². The van der Waals surface area contributed by atoms with Gasteiger partial charge in [-0.3, -0.25) is 9.48 Å². The minimum absolute atomic E-state index is 0.180. The molecule has 3 heterocycles. The van der Waals surface area contributed by atoms with Gasteiger partial charge < -0.3 is 14.2 Å². The normalized spacial score (nSPS) is 11.0. The van der Waals surface area contributed by atoms with E-state index >= 15 is 0 Å². The molecule has 0 radical (unpaired) electrons. The molecule has 0 saturated carbocycles. The Morgan fingerprint density at radius 3 is 2.53 bits per heavy atom. The smallest absolute Gasteiger partial charge is 0.259 e. The van der Waals surface area contributed by atoms with Crippen molar-refractivity contribution < 1.29 is 14.1 Å². The van der Waals surface area contributed by atoms with E-state index in [0.29, 0.717) is 34.6 Å². The van der Waals surface area contributed by atoms with Gasteiger partial charge >= 0.3 is 0 Å². The zero-order valence-electron chi connectivity index (χ0n) is 19.1. The molecule has 8 nitrogen and oxygen atoms in total. The molecule has 0 fully saturated rings. The molecule has 0 atom stereocenters. The number of methoxy groups -OCH3 is 1. The summed E-state index contributed by atoms with van der Waals surface area (Å²) in [6, 6.07) is 20.8. The molecule has 0 spiro atoms. The van der Waals surface area contributed by atoms with Crippen molar-refractivity contribution in [1.29, 1.82) is 0 Å². The average Bonchev–Trinajstić information content (AvgIpc) is 3.47. The highest BCUT2D eigenvalue weighted by atomic mass is 16.5. The molecule has 0 saturated heterocycles. The molecule has 0 aliphatic carbocycles. The quantitative estimate of drug-likeness (QED) is 0.368. The number of carbonyl (C=O) groups excluding carboxylic acids is 1. The molecule has 2 aromatic carbocycles. The van der Waals surface area contributed by atoms with Gasteiger partial charge in [0.15, 0.2) is 0 Å². The van der Waals surface area contributed by atoms with Gasteiger partial charge in [0.1, 0.15) is 5.75 Å². The van der Waals surface area contributed by atoms with Crippen LogP contribution in [0, 0.1) is 6.92 Å². The summed E-state index contributed by atoms with van der Waals surface area (Å²) in [5.41, 5.74) is 4.54. The monoisotopic (exact) mass is 453 g/mol. The fourth-order valence-electron chi connectivity index (χ4n) is 3.93. The number of aryl methyl sites for hydroxylation is 2. The van der Waals surface area contributed by atoms with Gasteiger partial charge in [-0.05, 0) is 55.5 Å². The SMILES string of the molecule is COc1ccc(-c2cc(C(=O)N(Cc3ccnn3C)c3ccccc3)c3c(C)noc3n2)cc1. The Balaban J connectivity index is 1.65. The van der Waals surface area contributed by atoms with E-state index in [4.69, 9.17) is 9.26 Å². The second-order valence-electron chi connectivity index (χ2n) is 7.90. The first-order chi connectivity index (χ1) is 16.5. The molecule has 0 bridgehead atoms. The Morgan fingerprint density at radius 1 is 1.09 bits per heavy atom. The largest absolute Gasteiger partial charge is 0.497 e. The van der Waals surface area contributed by atoms with Crippen molar-refractivity contribution in [3.63, 3.8) is 0 Å². The van der Waals surface area contributed by atoms with Gasteiger partial charge in [-0.1, -0.05) is 23.4 Å². The lowest BCUT2D eigenvalue weighted by molar-refractivity contribution is 0.0986. The van der Waals surface area contributed by atoms with Gasteiger partial charge in [0, 0.05) is 24.5 Å². The number of amides is 1. The van der Waals surface area contributed by atoms with Crippen LogP contribution >= 0.6 is 0 Å². The van der Waals surface area contributed by atoms with E-state index in [-0.39, 0.29) is 5.91 Å². The summed E-state index contributed by atoms with van der Waals surface area (Å²) >= 11 is 0. The lowest BCUT2D eigenvalue weighted by Gasteiger charge is -2.23. The summed E-state index contributed by atoms with van der Waals surface area (Å²) in [6.45, 7) is 2.16. The van der Waals surface area contributed by atoms with E-state index in [9.17, 15) is 4.79 Å². The maximum Gasteiger partial charge on any atom is 0.259 e. The number of anilines is 1. The van der Waals surface area contributed by atoms with Crippen molar-refractivity contribution in [3.8, 4) is 17.0 Å². The molecular formula is C26H23N5O3. The van der Waals surface area contributed by atoms with Gasteiger partial charge in [-0.15, -0.1) is 0 Å².